The molecule has 0 atom stereocenters. The van der Waals surface area contributed by atoms with Gasteiger partial charge in [0, 0.05) is 17.7 Å². The number of halogens is 1. The molecule has 20 heavy (non-hydrogen) atoms. The van der Waals surface area contributed by atoms with Gasteiger partial charge >= 0.3 is 0 Å². The number of hydrogen-bond acceptors (Lipinski definition) is 5. The number of benzene rings is 1. The van der Waals surface area contributed by atoms with E-state index in [2.05, 4.69) is 10.1 Å². The Morgan fingerprint density at radius 2 is 2.00 bits per heavy atom. The van der Waals surface area contributed by atoms with E-state index in [-0.39, 0.29) is 11.5 Å². The normalized spacial score (nSPS) is 11.6. The molecule has 0 aliphatic carbocycles. The lowest BCUT2D eigenvalue weighted by atomic mass is 10.1. The highest BCUT2D eigenvalue weighted by molar-refractivity contribution is 8.13. The number of aromatic nitrogens is 3. The molecule has 1 aromatic carbocycles. The Morgan fingerprint density at radius 1 is 1.30 bits per heavy atom. The van der Waals surface area contributed by atoms with Crippen molar-refractivity contribution in [1.82, 2.24) is 14.8 Å². The first-order valence-corrected chi connectivity index (χ1v) is 8.11. The first-order chi connectivity index (χ1) is 9.29. The van der Waals surface area contributed by atoms with E-state index in [1.165, 1.54) is 12.4 Å². The minimum atomic E-state index is -3.75. The fourth-order valence-corrected chi connectivity index (χ4v) is 3.03. The highest BCUT2D eigenvalue weighted by Gasteiger charge is 2.16. The van der Waals surface area contributed by atoms with Crippen molar-refractivity contribution in [2.75, 3.05) is 0 Å². The maximum Gasteiger partial charge on any atom is 0.261 e. The molecule has 0 N–H and O–H groups in total. The van der Waals surface area contributed by atoms with E-state index < -0.39 is 9.05 Å². The molecule has 0 saturated heterocycles. The monoisotopic (exact) mass is 315 g/mol. The van der Waals surface area contributed by atoms with Gasteiger partial charge in [0.1, 0.15) is 18.7 Å². The Bertz CT molecular complexity index is 740. The number of nitrogens with zero attached hydrogens (tertiary/aromatic N) is 3. The summed E-state index contributed by atoms with van der Waals surface area (Å²) in [4.78, 5) is 4.15. The Kier molecular flexibility index (Phi) is 4.01. The highest BCUT2D eigenvalue weighted by atomic mass is 35.7. The van der Waals surface area contributed by atoms with Gasteiger partial charge in [-0.15, -0.1) is 0 Å². The molecule has 0 fully saturated rings. The van der Waals surface area contributed by atoms with Crippen LogP contribution in [-0.4, -0.2) is 23.2 Å². The summed E-state index contributed by atoms with van der Waals surface area (Å²) in [6.07, 6.45) is 1.44. The van der Waals surface area contributed by atoms with Gasteiger partial charge in [-0.05, 0) is 37.1 Å². The van der Waals surface area contributed by atoms with Gasteiger partial charge < -0.3 is 4.74 Å². The largest absolute Gasteiger partial charge is 0.485 e. The standard InChI is InChI=1S/C12H14ClN3O3S/c1-8-5-11(20(13,17)18)9(2)4-10(8)19-6-12-14-7-15-16(12)3/h4-5,7H,6H2,1-3H3. The molecule has 2 aromatic rings. The van der Waals surface area contributed by atoms with Gasteiger partial charge in [0.05, 0.1) is 4.90 Å². The maximum absolute atomic E-state index is 11.4. The summed E-state index contributed by atoms with van der Waals surface area (Å²) in [6.45, 7) is 3.69. The number of rotatable bonds is 4. The third kappa shape index (κ3) is 3.10. The zero-order valence-electron chi connectivity index (χ0n) is 11.3. The van der Waals surface area contributed by atoms with Gasteiger partial charge in [0.25, 0.3) is 9.05 Å². The molecule has 1 aromatic heterocycles. The fraction of sp³-hybridized carbons (Fsp3) is 0.333. The quantitative estimate of drug-likeness (QED) is 0.806. The first kappa shape index (κ1) is 14.8. The molecule has 0 unspecified atom stereocenters. The van der Waals surface area contributed by atoms with Crippen molar-refractivity contribution < 1.29 is 13.2 Å². The van der Waals surface area contributed by atoms with Gasteiger partial charge in [-0.25, -0.2) is 13.4 Å². The molecule has 8 heteroatoms. The Hall–Kier alpha value is -1.60. The van der Waals surface area contributed by atoms with Crippen LogP contribution in [0.5, 0.6) is 5.75 Å². The van der Waals surface area contributed by atoms with E-state index in [0.717, 1.165) is 0 Å². The smallest absolute Gasteiger partial charge is 0.261 e. The van der Waals surface area contributed by atoms with Crippen molar-refractivity contribution >= 4 is 19.7 Å². The van der Waals surface area contributed by atoms with Crippen LogP contribution in [0.3, 0.4) is 0 Å². The van der Waals surface area contributed by atoms with Crippen LogP contribution < -0.4 is 4.74 Å². The molecule has 0 aliphatic rings. The maximum atomic E-state index is 11.4. The van der Waals surface area contributed by atoms with Gasteiger partial charge in [-0.2, -0.15) is 5.10 Å². The van der Waals surface area contributed by atoms with Crippen molar-refractivity contribution in [2.45, 2.75) is 25.3 Å². The first-order valence-electron chi connectivity index (χ1n) is 5.80. The van der Waals surface area contributed by atoms with Crippen LogP contribution >= 0.6 is 10.7 Å². The van der Waals surface area contributed by atoms with Gasteiger partial charge in [0.2, 0.25) is 0 Å². The third-order valence-corrected chi connectivity index (χ3v) is 4.36. The van der Waals surface area contributed by atoms with Crippen LogP contribution in [0.25, 0.3) is 0 Å². The third-order valence-electron chi connectivity index (χ3n) is 2.90. The van der Waals surface area contributed by atoms with Crippen molar-refractivity contribution in [1.29, 1.82) is 0 Å². The highest BCUT2D eigenvalue weighted by Crippen LogP contribution is 2.28. The number of ether oxygens (including phenoxy) is 1. The molecule has 108 valence electrons. The SMILES string of the molecule is Cc1cc(S(=O)(=O)Cl)c(C)cc1OCc1ncnn1C. The van der Waals surface area contributed by atoms with Gasteiger partial charge in [0.15, 0.2) is 5.82 Å². The van der Waals surface area contributed by atoms with Crippen LogP contribution in [0, 0.1) is 13.8 Å². The van der Waals surface area contributed by atoms with Gasteiger partial charge in [-0.3, -0.25) is 4.68 Å². The van der Waals surface area contributed by atoms with Gasteiger partial charge in [-0.1, -0.05) is 0 Å². The Labute approximate surface area is 121 Å². The van der Waals surface area contributed by atoms with E-state index >= 15 is 0 Å². The van der Waals surface area contributed by atoms with E-state index in [4.69, 9.17) is 15.4 Å². The summed E-state index contributed by atoms with van der Waals surface area (Å²) in [6, 6.07) is 3.16. The number of aryl methyl sites for hydroxylation is 3. The lowest BCUT2D eigenvalue weighted by molar-refractivity contribution is 0.287. The zero-order chi connectivity index (χ0) is 14.9. The average Bonchev–Trinajstić information content (AvgIpc) is 2.74. The van der Waals surface area contributed by atoms with E-state index in [1.807, 2.05) is 0 Å². The van der Waals surface area contributed by atoms with Crippen LogP contribution in [0.2, 0.25) is 0 Å². The van der Waals surface area contributed by atoms with Crippen LogP contribution in [0.15, 0.2) is 23.4 Å². The Morgan fingerprint density at radius 3 is 2.55 bits per heavy atom. The molecule has 0 radical (unpaired) electrons. The second kappa shape index (κ2) is 5.41. The molecule has 0 bridgehead atoms. The summed E-state index contributed by atoms with van der Waals surface area (Å²) in [5.41, 5.74) is 1.23. The molecule has 2 rings (SSSR count). The minimum absolute atomic E-state index is 0.0997. The van der Waals surface area contributed by atoms with Crippen molar-refractivity contribution in [3.8, 4) is 5.75 Å². The number of hydrogen-bond donors (Lipinski definition) is 0. The second-order valence-corrected chi connectivity index (χ2v) is 6.94. The summed E-state index contributed by atoms with van der Waals surface area (Å²) in [5.74, 6) is 1.27. The topological polar surface area (TPSA) is 74.1 Å². The minimum Gasteiger partial charge on any atom is -0.485 e. The van der Waals surface area contributed by atoms with Crippen molar-refractivity contribution in [3.63, 3.8) is 0 Å². The van der Waals surface area contributed by atoms with Crippen molar-refractivity contribution in [3.05, 3.63) is 35.4 Å². The Balaban J connectivity index is 2.26. The van der Waals surface area contributed by atoms with Crippen LogP contribution in [-0.2, 0) is 22.7 Å². The molecule has 0 amide bonds. The second-order valence-electron chi connectivity index (χ2n) is 4.41. The van der Waals surface area contributed by atoms with Crippen LogP contribution in [0.1, 0.15) is 17.0 Å². The zero-order valence-corrected chi connectivity index (χ0v) is 12.9. The molecule has 0 aliphatic heterocycles. The van der Waals surface area contributed by atoms with Crippen LogP contribution in [0.4, 0.5) is 0 Å². The molecule has 0 spiro atoms. The van der Waals surface area contributed by atoms with E-state index in [9.17, 15) is 8.42 Å². The summed E-state index contributed by atoms with van der Waals surface area (Å²) in [7, 11) is 3.40. The lowest BCUT2D eigenvalue weighted by Crippen LogP contribution is -2.06. The summed E-state index contributed by atoms with van der Waals surface area (Å²) in [5, 5.41) is 3.94. The molecule has 0 saturated carbocycles. The summed E-state index contributed by atoms with van der Waals surface area (Å²) < 4.78 is 30.1. The fourth-order valence-electron chi connectivity index (χ4n) is 1.77. The molecule has 1 heterocycles. The molecular weight excluding hydrogens is 302 g/mol. The van der Waals surface area contributed by atoms with E-state index in [0.29, 0.717) is 22.7 Å². The molecule has 6 nitrogen and oxygen atoms in total. The average molecular weight is 316 g/mol. The molecular formula is C12H14ClN3O3S. The van der Waals surface area contributed by atoms with Crippen molar-refractivity contribution in [2.24, 2.45) is 7.05 Å². The summed E-state index contributed by atoms with van der Waals surface area (Å²) >= 11 is 0. The predicted molar refractivity (Wildman–Crippen MR) is 74.3 cm³/mol. The predicted octanol–water partition coefficient (Wildman–Crippen LogP) is 1.94. The lowest BCUT2D eigenvalue weighted by Gasteiger charge is -2.11. The van der Waals surface area contributed by atoms with E-state index in [1.54, 1.807) is 31.6 Å².